The molecule has 1 heterocycles. The lowest BCUT2D eigenvalue weighted by Gasteiger charge is -2.13. The smallest absolute Gasteiger partial charge is 0.0844 e. The normalized spacial score (nSPS) is 12.8. The van der Waals surface area contributed by atoms with E-state index in [4.69, 9.17) is 11.1 Å². The summed E-state index contributed by atoms with van der Waals surface area (Å²) in [5.41, 5.74) is 9.61. The predicted octanol–water partition coefficient (Wildman–Crippen LogP) is 1.54. The first-order chi connectivity index (χ1) is 9.22. The molecule has 106 valence electrons. The zero-order chi connectivity index (χ0) is 14.1. The lowest BCUT2D eigenvalue weighted by molar-refractivity contribution is 0.418. The molecule has 0 aliphatic heterocycles. The van der Waals surface area contributed by atoms with Gasteiger partial charge in [0.2, 0.25) is 0 Å². The molecule has 0 radical (unpaired) electrons. The van der Waals surface area contributed by atoms with Crippen LogP contribution in [0.15, 0.2) is 17.5 Å². The van der Waals surface area contributed by atoms with Gasteiger partial charge < -0.3 is 11.2 Å². The van der Waals surface area contributed by atoms with Gasteiger partial charge in [-0.1, -0.05) is 13.8 Å². The van der Waals surface area contributed by atoms with Gasteiger partial charge in [-0.2, -0.15) is 10.2 Å². The van der Waals surface area contributed by atoms with Crippen molar-refractivity contribution in [3.05, 3.63) is 18.0 Å². The van der Waals surface area contributed by atoms with Crippen LogP contribution < -0.4 is 11.2 Å². The van der Waals surface area contributed by atoms with Crippen molar-refractivity contribution in [3.8, 4) is 0 Å². The molecule has 0 amide bonds. The highest BCUT2D eigenvalue weighted by Gasteiger charge is 2.10. The van der Waals surface area contributed by atoms with E-state index in [9.17, 15) is 0 Å². The lowest BCUT2D eigenvalue weighted by Crippen LogP contribution is -2.14. The first-order valence-electron chi connectivity index (χ1n) is 6.81. The van der Waals surface area contributed by atoms with Gasteiger partial charge in [-0.25, -0.2) is 0 Å². The number of nitrogens with zero attached hydrogens (tertiary/aromatic N) is 3. The second kappa shape index (κ2) is 8.42. The number of hydrogen-bond acceptors (Lipinski definition) is 5. The summed E-state index contributed by atoms with van der Waals surface area (Å²) in [5.74, 6) is 0. The van der Waals surface area contributed by atoms with E-state index >= 15 is 0 Å². The van der Waals surface area contributed by atoms with Crippen molar-refractivity contribution in [2.45, 2.75) is 39.2 Å². The SMILES string of the molecule is CCCN/N=C\C(=N)c1cnn(C(CC)CCN)c1. The van der Waals surface area contributed by atoms with Crippen molar-refractivity contribution < 1.29 is 0 Å². The van der Waals surface area contributed by atoms with Crippen molar-refractivity contribution in [1.29, 1.82) is 5.41 Å². The maximum absolute atomic E-state index is 7.91. The molecule has 0 fully saturated rings. The molecule has 6 nitrogen and oxygen atoms in total. The first-order valence-corrected chi connectivity index (χ1v) is 6.81. The zero-order valence-electron chi connectivity index (χ0n) is 11.8. The largest absolute Gasteiger partial charge is 0.330 e. The van der Waals surface area contributed by atoms with E-state index < -0.39 is 0 Å². The third-order valence-corrected chi connectivity index (χ3v) is 2.90. The molecular formula is C13H24N6. The monoisotopic (exact) mass is 264 g/mol. The zero-order valence-corrected chi connectivity index (χ0v) is 11.8. The standard InChI is InChI=1S/C13H24N6/c1-3-7-16-17-9-13(15)11-8-18-19(10-11)12(4-2)5-6-14/h8-10,12,15-16H,3-7,14H2,1-2H3/b15-13?,17-9-. The topological polar surface area (TPSA) is 92.1 Å². The van der Waals surface area contributed by atoms with Gasteiger partial charge in [0, 0.05) is 18.3 Å². The third kappa shape index (κ3) is 4.82. The predicted molar refractivity (Wildman–Crippen MR) is 78.8 cm³/mol. The van der Waals surface area contributed by atoms with E-state index in [0.717, 1.165) is 31.4 Å². The fraction of sp³-hybridized carbons (Fsp3) is 0.615. The third-order valence-electron chi connectivity index (χ3n) is 2.90. The van der Waals surface area contributed by atoms with Gasteiger partial charge >= 0.3 is 0 Å². The van der Waals surface area contributed by atoms with E-state index in [1.54, 1.807) is 6.20 Å². The van der Waals surface area contributed by atoms with E-state index in [-0.39, 0.29) is 0 Å². The Morgan fingerprint density at radius 1 is 1.63 bits per heavy atom. The summed E-state index contributed by atoms with van der Waals surface area (Å²) < 4.78 is 1.89. The Bertz CT molecular complexity index is 409. The fourth-order valence-corrected chi connectivity index (χ4v) is 1.75. The molecule has 0 spiro atoms. The first kappa shape index (κ1) is 15.4. The minimum atomic E-state index is 0.307. The van der Waals surface area contributed by atoms with E-state index in [0.29, 0.717) is 18.3 Å². The number of nitrogens with two attached hydrogens (primary N) is 1. The van der Waals surface area contributed by atoms with E-state index in [1.807, 2.05) is 10.9 Å². The summed E-state index contributed by atoms with van der Waals surface area (Å²) in [6, 6.07) is 0.307. The van der Waals surface area contributed by atoms with Gasteiger partial charge in [0.15, 0.2) is 0 Å². The Balaban J connectivity index is 2.62. The average Bonchev–Trinajstić information content (AvgIpc) is 2.90. The van der Waals surface area contributed by atoms with Gasteiger partial charge in [-0.05, 0) is 25.8 Å². The minimum absolute atomic E-state index is 0.307. The summed E-state index contributed by atoms with van der Waals surface area (Å²) in [5, 5.41) is 16.2. The Morgan fingerprint density at radius 3 is 3.05 bits per heavy atom. The van der Waals surface area contributed by atoms with Gasteiger partial charge in [0.1, 0.15) is 0 Å². The van der Waals surface area contributed by atoms with E-state index in [2.05, 4.69) is 29.5 Å². The van der Waals surface area contributed by atoms with Crippen LogP contribution in [-0.2, 0) is 0 Å². The highest BCUT2D eigenvalue weighted by atomic mass is 15.3. The molecule has 1 rings (SSSR count). The molecule has 1 atom stereocenters. The molecule has 19 heavy (non-hydrogen) atoms. The number of rotatable bonds is 9. The summed E-state index contributed by atoms with van der Waals surface area (Å²) >= 11 is 0. The summed E-state index contributed by atoms with van der Waals surface area (Å²) in [6.07, 6.45) is 8.00. The highest BCUT2D eigenvalue weighted by molar-refractivity contribution is 6.36. The van der Waals surface area contributed by atoms with Gasteiger partial charge in [0.25, 0.3) is 0 Å². The minimum Gasteiger partial charge on any atom is -0.330 e. The van der Waals surface area contributed by atoms with Crippen LogP contribution in [0.4, 0.5) is 0 Å². The fourth-order valence-electron chi connectivity index (χ4n) is 1.75. The highest BCUT2D eigenvalue weighted by Crippen LogP contribution is 2.14. The number of aromatic nitrogens is 2. The van der Waals surface area contributed by atoms with Crippen LogP contribution in [0.5, 0.6) is 0 Å². The molecule has 1 aromatic rings. The Morgan fingerprint density at radius 2 is 2.42 bits per heavy atom. The molecule has 1 unspecified atom stereocenters. The lowest BCUT2D eigenvalue weighted by atomic mass is 10.1. The Kier molecular flexibility index (Phi) is 6.81. The van der Waals surface area contributed by atoms with Crippen LogP contribution in [0.3, 0.4) is 0 Å². The van der Waals surface area contributed by atoms with Crippen molar-refractivity contribution in [2.24, 2.45) is 10.8 Å². The maximum Gasteiger partial charge on any atom is 0.0844 e. The Labute approximate surface area is 114 Å². The molecule has 0 saturated heterocycles. The number of nitrogens with one attached hydrogen (secondary N) is 2. The maximum atomic E-state index is 7.91. The second-order valence-corrected chi connectivity index (χ2v) is 4.43. The molecule has 0 saturated carbocycles. The van der Waals surface area contributed by atoms with Crippen LogP contribution in [0, 0.1) is 5.41 Å². The molecule has 4 N–H and O–H groups in total. The quantitative estimate of drug-likeness (QED) is 0.359. The van der Waals surface area contributed by atoms with Gasteiger partial charge in [0.05, 0.1) is 24.2 Å². The van der Waals surface area contributed by atoms with Crippen molar-refractivity contribution >= 4 is 11.9 Å². The van der Waals surface area contributed by atoms with Crippen LogP contribution >= 0.6 is 0 Å². The van der Waals surface area contributed by atoms with Crippen molar-refractivity contribution in [1.82, 2.24) is 15.2 Å². The molecule has 6 heteroatoms. The molecule has 1 aromatic heterocycles. The van der Waals surface area contributed by atoms with Crippen LogP contribution in [-0.4, -0.2) is 34.8 Å². The molecular weight excluding hydrogens is 240 g/mol. The van der Waals surface area contributed by atoms with Crippen LogP contribution in [0.25, 0.3) is 0 Å². The molecule has 0 aliphatic carbocycles. The number of hydrazone groups is 1. The number of hydrogen-bond donors (Lipinski definition) is 3. The van der Waals surface area contributed by atoms with Crippen molar-refractivity contribution in [3.63, 3.8) is 0 Å². The molecule has 0 aliphatic rings. The summed E-state index contributed by atoms with van der Waals surface area (Å²) in [4.78, 5) is 0. The average molecular weight is 264 g/mol. The van der Waals surface area contributed by atoms with E-state index in [1.165, 1.54) is 6.21 Å². The molecule has 0 bridgehead atoms. The Hall–Kier alpha value is -1.69. The van der Waals surface area contributed by atoms with Crippen LogP contribution in [0.1, 0.15) is 44.7 Å². The summed E-state index contributed by atoms with van der Waals surface area (Å²) in [7, 11) is 0. The van der Waals surface area contributed by atoms with Crippen molar-refractivity contribution in [2.75, 3.05) is 13.1 Å². The second-order valence-electron chi connectivity index (χ2n) is 4.43. The van der Waals surface area contributed by atoms with Gasteiger partial charge in [-0.15, -0.1) is 0 Å². The van der Waals surface area contributed by atoms with Gasteiger partial charge in [-0.3, -0.25) is 10.1 Å². The molecule has 0 aromatic carbocycles. The summed E-state index contributed by atoms with van der Waals surface area (Å²) in [6.45, 7) is 5.65. The van der Waals surface area contributed by atoms with Crippen LogP contribution in [0.2, 0.25) is 0 Å².